The van der Waals surface area contributed by atoms with Crippen LogP contribution >= 0.6 is 0 Å². The fourth-order valence-corrected chi connectivity index (χ4v) is 2.25. The highest BCUT2D eigenvalue weighted by Gasteiger charge is 2.02. The molecular formula is C17H29NO. The minimum absolute atomic E-state index is 0.550. The summed E-state index contributed by atoms with van der Waals surface area (Å²) < 4.78 is 5.83. The first-order chi connectivity index (χ1) is 9.27. The standard InChI is InChI=1S/C17H29NO/c1-3-4-5-6-7-8-9-12-19-17-11-10-15(2)13-16(17)14-18/h10-11,13H,3-9,12,14,18H2,1-2H3. The molecule has 0 saturated heterocycles. The van der Waals surface area contributed by atoms with Crippen molar-refractivity contribution in [1.82, 2.24) is 0 Å². The van der Waals surface area contributed by atoms with Crippen molar-refractivity contribution < 1.29 is 4.74 Å². The van der Waals surface area contributed by atoms with Crippen LogP contribution < -0.4 is 10.5 Å². The molecule has 0 aliphatic carbocycles. The van der Waals surface area contributed by atoms with E-state index < -0.39 is 0 Å². The lowest BCUT2D eigenvalue weighted by Crippen LogP contribution is -2.04. The summed E-state index contributed by atoms with van der Waals surface area (Å²) in [6.07, 6.45) is 9.19. The highest BCUT2D eigenvalue weighted by Crippen LogP contribution is 2.20. The van der Waals surface area contributed by atoms with Gasteiger partial charge in [-0.15, -0.1) is 0 Å². The molecule has 0 saturated carbocycles. The van der Waals surface area contributed by atoms with Crippen LogP contribution in [0.2, 0.25) is 0 Å². The minimum atomic E-state index is 0.550. The lowest BCUT2D eigenvalue weighted by Gasteiger charge is -2.11. The van der Waals surface area contributed by atoms with Crippen LogP contribution in [-0.4, -0.2) is 6.61 Å². The van der Waals surface area contributed by atoms with Gasteiger partial charge in [0, 0.05) is 12.1 Å². The van der Waals surface area contributed by atoms with Crippen molar-refractivity contribution in [3.8, 4) is 5.75 Å². The molecule has 0 radical (unpaired) electrons. The van der Waals surface area contributed by atoms with Gasteiger partial charge in [-0.2, -0.15) is 0 Å². The highest BCUT2D eigenvalue weighted by molar-refractivity contribution is 5.36. The Morgan fingerprint density at radius 3 is 2.37 bits per heavy atom. The van der Waals surface area contributed by atoms with Crippen LogP contribution in [0.5, 0.6) is 5.75 Å². The third-order valence-corrected chi connectivity index (χ3v) is 3.44. The molecule has 1 aromatic rings. The lowest BCUT2D eigenvalue weighted by atomic mass is 10.1. The summed E-state index contributed by atoms with van der Waals surface area (Å²) in [4.78, 5) is 0. The van der Waals surface area contributed by atoms with Crippen molar-refractivity contribution in [2.24, 2.45) is 5.73 Å². The zero-order chi connectivity index (χ0) is 13.9. The second kappa shape index (κ2) is 9.85. The third kappa shape index (κ3) is 6.63. The minimum Gasteiger partial charge on any atom is -0.493 e. The van der Waals surface area contributed by atoms with Crippen molar-refractivity contribution in [3.05, 3.63) is 29.3 Å². The molecular weight excluding hydrogens is 234 g/mol. The summed E-state index contributed by atoms with van der Waals surface area (Å²) in [6, 6.07) is 6.23. The van der Waals surface area contributed by atoms with E-state index in [-0.39, 0.29) is 0 Å². The molecule has 0 unspecified atom stereocenters. The summed E-state index contributed by atoms with van der Waals surface area (Å²) in [5, 5.41) is 0. The van der Waals surface area contributed by atoms with Gasteiger partial charge in [-0.05, 0) is 19.4 Å². The maximum Gasteiger partial charge on any atom is 0.123 e. The fraction of sp³-hybridized carbons (Fsp3) is 0.647. The Morgan fingerprint density at radius 2 is 1.68 bits per heavy atom. The molecule has 0 bridgehead atoms. The van der Waals surface area contributed by atoms with Gasteiger partial charge in [-0.3, -0.25) is 0 Å². The lowest BCUT2D eigenvalue weighted by molar-refractivity contribution is 0.301. The maximum absolute atomic E-state index is 5.83. The van der Waals surface area contributed by atoms with Gasteiger partial charge in [-0.25, -0.2) is 0 Å². The fourth-order valence-electron chi connectivity index (χ4n) is 2.25. The molecule has 2 heteroatoms. The Balaban J connectivity index is 2.15. The van der Waals surface area contributed by atoms with Crippen molar-refractivity contribution in [1.29, 1.82) is 0 Å². The average molecular weight is 263 g/mol. The van der Waals surface area contributed by atoms with Gasteiger partial charge in [0.2, 0.25) is 0 Å². The topological polar surface area (TPSA) is 35.2 Å². The van der Waals surface area contributed by atoms with Crippen LogP contribution in [0.4, 0.5) is 0 Å². The summed E-state index contributed by atoms with van der Waals surface area (Å²) in [6.45, 7) is 5.70. The SMILES string of the molecule is CCCCCCCCCOc1ccc(C)cc1CN. The predicted octanol–water partition coefficient (Wildman–Crippen LogP) is 4.58. The number of benzene rings is 1. The van der Waals surface area contributed by atoms with Crippen molar-refractivity contribution in [2.75, 3.05) is 6.61 Å². The van der Waals surface area contributed by atoms with E-state index >= 15 is 0 Å². The molecule has 1 rings (SSSR count). The predicted molar refractivity (Wildman–Crippen MR) is 82.6 cm³/mol. The first-order valence-electron chi connectivity index (χ1n) is 7.70. The summed E-state index contributed by atoms with van der Waals surface area (Å²) in [5.41, 5.74) is 8.09. The molecule has 0 fully saturated rings. The number of unbranched alkanes of at least 4 members (excludes halogenated alkanes) is 6. The molecule has 0 atom stereocenters. The average Bonchev–Trinajstić information content (AvgIpc) is 2.43. The quantitative estimate of drug-likeness (QED) is 0.627. The van der Waals surface area contributed by atoms with Crippen LogP contribution in [0.1, 0.15) is 63.0 Å². The van der Waals surface area contributed by atoms with Gasteiger partial charge in [-0.1, -0.05) is 63.1 Å². The van der Waals surface area contributed by atoms with Gasteiger partial charge in [0.25, 0.3) is 0 Å². The molecule has 1 aromatic carbocycles. The van der Waals surface area contributed by atoms with Crippen LogP contribution in [0, 0.1) is 6.92 Å². The second-order valence-corrected chi connectivity index (χ2v) is 5.29. The normalized spacial score (nSPS) is 10.7. The molecule has 2 nitrogen and oxygen atoms in total. The zero-order valence-electron chi connectivity index (χ0n) is 12.6. The first-order valence-corrected chi connectivity index (χ1v) is 7.70. The molecule has 0 amide bonds. The van der Waals surface area contributed by atoms with Gasteiger partial charge < -0.3 is 10.5 Å². The number of rotatable bonds is 10. The van der Waals surface area contributed by atoms with Gasteiger partial charge in [0.05, 0.1) is 6.61 Å². The molecule has 0 aromatic heterocycles. The van der Waals surface area contributed by atoms with E-state index in [2.05, 4.69) is 26.0 Å². The molecule has 108 valence electrons. The van der Waals surface area contributed by atoms with Crippen LogP contribution in [0.15, 0.2) is 18.2 Å². The summed E-state index contributed by atoms with van der Waals surface area (Å²) >= 11 is 0. The van der Waals surface area contributed by atoms with E-state index in [9.17, 15) is 0 Å². The first kappa shape index (κ1) is 16.0. The van der Waals surface area contributed by atoms with Gasteiger partial charge >= 0.3 is 0 Å². The van der Waals surface area contributed by atoms with E-state index in [4.69, 9.17) is 10.5 Å². The summed E-state index contributed by atoms with van der Waals surface area (Å²) in [5.74, 6) is 0.957. The van der Waals surface area contributed by atoms with Crippen molar-refractivity contribution in [2.45, 2.75) is 65.3 Å². The Bertz CT molecular complexity index is 349. The Morgan fingerprint density at radius 1 is 1.00 bits per heavy atom. The van der Waals surface area contributed by atoms with E-state index in [0.717, 1.165) is 24.3 Å². The van der Waals surface area contributed by atoms with Crippen molar-refractivity contribution >= 4 is 0 Å². The molecule has 19 heavy (non-hydrogen) atoms. The Hall–Kier alpha value is -1.02. The number of nitrogens with two attached hydrogens (primary N) is 1. The van der Waals surface area contributed by atoms with E-state index in [0.29, 0.717) is 6.54 Å². The zero-order valence-corrected chi connectivity index (χ0v) is 12.6. The molecule has 0 heterocycles. The number of aryl methyl sites for hydroxylation is 1. The smallest absolute Gasteiger partial charge is 0.123 e. The highest BCUT2D eigenvalue weighted by atomic mass is 16.5. The number of hydrogen-bond acceptors (Lipinski definition) is 2. The van der Waals surface area contributed by atoms with Crippen LogP contribution in [0.25, 0.3) is 0 Å². The molecule has 0 aliphatic rings. The molecule has 0 aliphatic heterocycles. The van der Waals surface area contributed by atoms with Crippen molar-refractivity contribution in [3.63, 3.8) is 0 Å². The van der Waals surface area contributed by atoms with Gasteiger partial charge in [0.15, 0.2) is 0 Å². The number of hydrogen-bond donors (Lipinski definition) is 1. The number of ether oxygens (including phenoxy) is 1. The maximum atomic E-state index is 5.83. The van der Waals surface area contributed by atoms with E-state index in [1.807, 2.05) is 6.07 Å². The van der Waals surface area contributed by atoms with Crippen LogP contribution in [-0.2, 0) is 6.54 Å². The largest absolute Gasteiger partial charge is 0.493 e. The van der Waals surface area contributed by atoms with E-state index in [1.165, 1.54) is 44.1 Å². The molecule has 0 spiro atoms. The second-order valence-electron chi connectivity index (χ2n) is 5.29. The monoisotopic (exact) mass is 263 g/mol. The summed E-state index contributed by atoms with van der Waals surface area (Å²) in [7, 11) is 0. The van der Waals surface area contributed by atoms with Crippen LogP contribution in [0.3, 0.4) is 0 Å². The van der Waals surface area contributed by atoms with E-state index in [1.54, 1.807) is 0 Å². The van der Waals surface area contributed by atoms with Gasteiger partial charge in [0.1, 0.15) is 5.75 Å². The Kier molecular flexibility index (Phi) is 8.31. The third-order valence-electron chi connectivity index (χ3n) is 3.44. The Labute approximate surface area is 118 Å². The molecule has 2 N–H and O–H groups in total.